The highest BCUT2D eigenvalue weighted by Crippen LogP contribution is 2.29. The smallest absolute Gasteiger partial charge is 0.334 e. The molecule has 3 rings (SSSR count). The van der Waals surface area contributed by atoms with E-state index < -0.39 is 34.9 Å². The van der Waals surface area contributed by atoms with Crippen LogP contribution in [0.3, 0.4) is 0 Å². The molecule has 2 aromatic rings. The van der Waals surface area contributed by atoms with Crippen LogP contribution < -0.4 is 15.7 Å². The molecule has 0 bridgehead atoms. The molecule has 1 aromatic heterocycles. The molecular weight excluding hydrogens is 368 g/mol. The molecule has 0 spiro atoms. The number of benzene rings is 1. The van der Waals surface area contributed by atoms with E-state index in [1.54, 1.807) is 24.3 Å². The lowest BCUT2D eigenvalue weighted by molar-refractivity contribution is -0.150. The number of para-hydroxylation sites is 1. The van der Waals surface area contributed by atoms with Crippen molar-refractivity contribution in [1.29, 1.82) is 0 Å². The van der Waals surface area contributed by atoms with Gasteiger partial charge in [0.25, 0.3) is 11.5 Å². The van der Waals surface area contributed by atoms with E-state index in [2.05, 4.69) is 10.1 Å². The molecule has 0 aliphatic heterocycles. The van der Waals surface area contributed by atoms with E-state index in [1.807, 2.05) is 0 Å². The summed E-state index contributed by atoms with van der Waals surface area (Å²) in [6.07, 6.45) is 0.564. The molecule has 28 heavy (non-hydrogen) atoms. The minimum Gasteiger partial charge on any atom is -0.506 e. The lowest BCUT2D eigenvalue weighted by Gasteiger charge is -2.15. The monoisotopic (exact) mass is 390 g/mol. The van der Waals surface area contributed by atoms with Crippen molar-refractivity contribution in [2.45, 2.75) is 25.4 Å². The number of rotatable bonds is 8. The van der Waals surface area contributed by atoms with Gasteiger partial charge in [-0.2, -0.15) is 0 Å². The van der Waals surface area contributed by atoms with Crippen LogP contribution in [0, 0.1) is 5.92 Å². The largest absolute Gasteiger partial charge is 0.506 e. The van der Waals surface area contributed by atoms with Crippen LogP contribution >= 0.6 is 0 Å². The second-order valence-electron chi connectivity index (χ2n) is 6.66. The van der Waals surface area contributed by atoms with E-state index in [4.69, 9.17) is 4.84 Å². The lowest BCUT2D eigenvalue weighted by Crippen LogP contribution is -2.37. The van der Waals surface area contributed by atoms with E-state index in [9.17, 15) is 24.6 Å². The maximum atomic E-state index is 12.8. The number of nitrogens with one attached hydrogen (secondary N) is 1. The van der Waals surface area contributed by atoms with Crippen LogP contribution in [0.25, 0.3) is 10.9 Å². The lowest BCUT2D eigenvalue weighted by atomic mass is 10.1. The number of ether oxygens (including phenoxy) is 1. The number of carbonyl (C=O) groups is 2. The number of fused-ring (bicyclic) bond motifs is 1. The van der Waals surface area contributed by atoms with Crippen LogP contribution in [-0.2, 0) is 9.53 Å². The highest BCUT2D eigenvalue weighted by molar-refractivity contribution is 6.02. The summed E-state index contributed by atoms with van der Waals surface area (Å²) in [4.78, 5) is 42.2. The highest BCUT2D eigenvalue weighted by atomic mass is 16.7. The summed E-state index contributed by atoms with van der Waals surface area (Å²) in [7, 11) is 1.14. The van der Waals surface area contributed by atoms with Crippen LogP contribution in [0.1, 0.15) is 29.6 Å². The number of aromatic nitrogens is 1. The molecule has 9 nitrogen and oxygen atoms in total. The van der Waals surface area contributed by atoms with Crippen molar-refractivity contribution in [3.63, 3.8) is 0 Å². The topological polar surface area (TPSA) is 127 Å². The zero-order valence-corrected chi connectivity index (χ0v) is 15.4. The van der Waals surface area contributed by atoms with Crippen molar-refractivity contribution < 1.29 is 29.4 Å². The predicted molar refractivity (Wildman–Crippen MR) is 99.0 cm³/mol. The number of hydrogen-bond acceptors (Lipinski definition) is 7. The minimum absolute atomic E-state index is 0.0935. The van der Waals surface area contributed by atoms with Crippen molar-refractivity contribution in [2.24, 2.45) is 5.92 Å². The molecule has 1 unspecified atom stereocenters. The Morgan fingerprint density at radius 3 is 2.71 bits per heavy atom. The van der Waals surface area contributed by atoms with Gasteiger partial charge in [-0.15, -0.1) is 4.73 Å². The van der Waals surface area contributed by atoms with Crippen LogP contribution in [-0.4, -0.2) is 53.2 Å². The molecule has 150 valence electrons. The van der Waals surface area contributed by atoms with Gasteiger partial charge in [-0.05, 0) is 30.9 Å². The van der Waals surface area contributed by atoms with Gasteiger partial charge in [0.15, 0.2) is 6.10 Å². The van der Waals surface area contributed by atoms with Crippen LogP contribution in [0.4, 0.5) is 0 Å². The first-order valence-corrected chi connectivity index (χ1v) is 8.98. The molecule has 1 aliphatic rings. The van der Waals surface area contributed by atoms with Gasteiger partial charge in [-0.1, -0.05) is 12.1 Å². The fourth-order valence-electron chi connectivity index (χ4n) is 2.76. The Hall–Kier alpha value is -3.07. The van der Waals surface area contributed by atoms with Gasteiger partial charge in [0.05, 0.1) is 12.6 Å². The number of amides is 1. The van der Waals surface area contributed by atoms with Crippen molar-refractivity contribution in [1.82, 2.24) is 10.0 Å². The first-order valence-electron chi connectivity index (χ1n) is 8.98. The molecule has 1 aliphatic carbocycles. The number of methoxy groups -OCH3 is 1. The molecule has 1 heterocycles. The number of hydrogen-bond donors (Lipinski definition) is 3. The zero-order valence-electron chi connectivity index (χ0n) is 15.4. The first kappa shape index (κ1) is 19.7. The maximum absolute atomic E-state index is 12.8. The molecule has 9 heteroatoms. The van der Waals surface area contributed by atoms with Crippen molar-refractivity contribution in [3.8, 4) is 5.75 Å². The van der Waals surface area contributed by atoms with Gasteiger partial charge in [0.1, 0.15) is 17.9 Å². The summed E-state index contributed by atoms with van der Waals surface area (Å²) >= 11 is 0. The first-order chi connectivity index (χ1) is 13.4. The average molecular weight is 390 g/mol. The number of carbonyl (C=O) groups excluding carboxylic acids is 2. The summed E-state index contributed by atoms with van der Waals surface area (Å²) in [6.45, 7) is 0.255. The molecule has 0 radical (unpaired) electrons. The molecule has 0 saturated heterocycles. The third kappa shape index (κ3) is 4.09. The van der Waals surface area contributed by atoms with Crippen LogP contribution in [0.15, 0.2) is 29.1 Å². The predicted octanol–water partition coefficient (Wildman–Crippen LogP) is 0.199. The second-order valence-corrected chi connectivity index (χ2v) is 6.66. The molecule has 1 saturated carbocycles. The van der Waals surface area contributed by atoms with Gasteiger partial charge in [-0.25, -0.2) is 4.79 Å². The van der Waals surface area contributed by atoms with E-state index in [-0.39, 0.29) is 13.0 Å². The Kier molecular flexibility index (Phi) is 5.84. The summed E-state index contributed by atoms with van der Waals surface area (Å²) in [5.74, 6) is -1.71. The molecule has 1 aromatic carbocycles. The summed E-state index contributed by atoms with van der Waals surface area (Å²) in [6, 6.07) is 6.58. The van der Waals surface area contributed by atoms with Crippen LogP contribution in [0.2, 0.25) is 0 Å². The van der Waals surface area contributed by atoms with Crippen LogP contribution in [0.5, 0.6) is 5.75 Å². The van der Waals surface area contributed by atoms with Crippen molar-refractivity contribution >= 4 is 22.8 Å². The quantitative estimate of drug-likeness (QED) is 0.550. The van der Waals surface area contributed by atoms with Gasteiger partial charge in [0, 0.05) is 18.4 Å². The zero-order chi connectivity index (χ0) is 20.3. The summed E-state index contributed by atoms with van der Waals surface area (Å²) in [5.41, 5.74) is -0.867. The fourth-order valence-corrected chi connectivity index (χ4v) is 2.76. The Morgan fingerprint density at radius 2 is 2.04 bits per heavy atom. The van der Waals surface area contributed by atoms with Crippen molar-refractivity contribution in [3.05, 3.63) is 40.2 Å². The number of aromatic hydroxyl groups is 1. The Bertz CT molecular complexity index is 949. The normalized spacial score (nSPS) is 14.5. The Morgan fingerprint density at radius 1 is 1.32 bits per heavy atom. The maximum Gasteiger partial charge on any atom is 0.334 e. The Labute approximate surface area is 160 Å². The SMILES string of the molecule is COC(=O)C(O)CCNC(=O)c1c(O)c2ccccc2n(OCC2CC2)c1=O. The van der Waals surface area contributed by atoms with Gasteiger partial charge < -0.3 is 25.1 Å². The third-order valence-corrected chi connectivity index (χ3v) is 4.55. The summed E-state index contributed by atoms with van der Waals surface area (Å²) in [5, 5.41) is 22.8. The molecule has 1 fully saturated rings. The number of esters is 1. The minimum atomic E-state index is -1.39. The van der Waals surface area contributed by atoms with E-state index in [0.29, 0.717) is 23.4 Å². The molecule has 1 atom stereocenters. The van der Waals surface area contributed by atoms with Gasteiger partial charge in [-0.3, -0.25) is 9.59 Å². The highest BCUT2D eigenvalue weighted by Gasteiger charge is 2.26. The molecular formula is C19H22N2O7. The second kappa shape index (κ2) is 8.30. The van der Waals surface area contributed by atoms with Crippen molar-refractivity contribution in [2.75, 3.05) is 20.3 Å². The van der Waals surface area contributed by atoms with E-state index >= 15 is 0 Å². The van der Waals surface area contributed by atoms with Gasteiger partial charge in [0.2, 0.25) is 0 Å². The standard InChI is InChI=1S/C19H22N2O7/c1-27-19(26)14(22)8-9-20-17(24)15-16(23)12-4-2-3-5-13(12)21(18(15)25)28-10-11-6-7-11/h2-5,11,14,22-23H,6-10H2,1H3,(H,20,24). The average Bonchev–Trinajstić information content (AvgIpc) is 3.51. The van der Waals surface area contributed by atoms with E-state index in [0.717, 1.165) is 24.7 Å². The Balaban J connectivity index is 1.86. The number of aliphatic hydroxyl groups excluding tert-OH is 1. The summed E-state index contributed by atoms with van der Waals surface area (Å²) < 4.78 is 5.43. The third-order valence-electron chi connectivity index (χ3n) is 4.55. The fraction of sp³-hybridized carbons (Fsp3) is 0.421. The number of aliphatic hydroxyl groups is 1. The molecule has 1 amide bonds. The van der Waals surface area contributed by atoms with E-state index in [1.165, 1.54) is 0 Å². The molecule has 3 N–H and O–H groups in total. The van der Waals surface area contributed by atoms with Gasteiger partial charge >= 0.3 is 5.97 Å². The number of pyridine rings is 1. The number of nitrogens with zero attached hydrogens (tertiary/aromatic N) is 1.